The van der Waals surface area contributed by atoms with Crippen molar-refractivity contribution in [1.82, 2.24) is 20.0 Å². The van der Waals surface area contributed by atoms with Gasteiger partial charge in [-0.1, -0.05) is 24.3 Å². The molecule has 0 bridgehead atoms. The molecule has 6 nitrogen and oxygen atoms in total. The van der Waals surface area contributed by atoms with Crippen molar-refractivity contribution >= 4 is 29.9 Å². The summed E-state index contributed by atoms with van der Waals surface area (Å²) in [5.41, 5.74) is 2.66. The molecule has 1 unspecified atom stereocenters. The van der Waals surface area contributed by atoms with Crippen LogP contribution in [-0.4, -0.2) is 67.5 Å². The molecule has 2 aliphatic heterocycles. The average Bonchev–Trinajstić information content (AvgIpc) is 3.54. The molecule has 0 saturated carbocycles. The number of rotatable bonds is 8. The second kappa shape index (κ2) is 12.6. The largest absolute Gasteiger partial charge is 0.468 e. The molecule has 1 atom stereocenters. The van der Waals surface area contributed by atoms with E-state index in [0.717, 1.165) is 50.4 Å². The van der Waals surface area contributed by atoms with Gasteiger partial charge in [0.15, 0.2) is 5.96 Å². The van der Waals surface area contributed by atoms with Gasteiger partial charge in [0, 0.05) is 39.8 Å². The molecule has 2 aliphatic rings. The molecular weight excluding hydrogens is 513 g/mol. The standard InChI is InChI=1S/C25H37N5O.HI/c1-26-25(30-14-11-21(18-30)17-29-12-5-6-13-29)27-16-22-8-3-4-9-23(22)19-28(2)20-24-10-7-15-31-24;/h3-4,7-10,15,21H,5-6,11-14,16-20H2,1-2H3,(H,26,27);1H. The highest BCUT2D eigenvalue weighted by atomic mass is 127. The summed E-state index contributed by atoms with van der Waals surface area (Å²) in [5.74, 6) is 2.79. The summed E-state index contributed by atoms with van der Waals surface area (Å²) < 4.78 is 5.49. The second-order valence-corrected chi connectivity index (χ2v) is 9.03. The zero-order valence-electron chi connectivity index (χ0n) is 19.5. The van der Waals surface area contributed by atoms with E-state index in [1.54, 1.807) is 6.26 Å². The second-order valence-electron chi connectivity index (χ2n) is 9.03. The molecule has 1 aromatic heterocycles. The van der Waals surface area contributed by atoms with Gasteiger partial charge < -0.3 is 19.5 Å². The SMILES string of the molecule is CN=C(NCc1ccccc1CN(C)Cc1ccco1)N1CCC(CN2CCCC2)C1.I. The summed E-state index contributed by atoms with van der Waals surface area (Å²) in [7, 11) is 4.04. The zero-order chi connectivity index (χ0) is 21.5. The van der Waals surface area contributed by atoms with Crippen molar-refractivity contribution in [3.8, 4) is 0 Å². The van der Waals surface area contributed by atoms with Gasteiger partial charge in [0.25, 0.3) is 0 Å². The predicted octanol–water partition coefficient (Wildman–Crippen LogP) is 4.02. The number of likely N-dealkylation sites (tertiary alicyclic amines) is 2. The summed E-state index contributed by atoms with van der Waals surface area (Å²) in [6.07, 6.45) is 5.75. The summed E-state index contributed by atoms with van der Waals surface area (Å²) in [6.45, 7) is 8.53. The van der Waals surface area contributed by atoms with E-state index in [1.165, 1.54) is 50.0 Å². The Kier molecular flexibility index (Phi) is 9.87. The molecule has 2 fully saturated rings. The van der Waals surface area contributed by atoms with E-state index >= 15 is 0 Å². The molecular formula is C25H38IN5O. The number of furan rings is 1. The van der Waals surface area contributed by atoms with Crippen LogP contribution < -0.4 is 5.32 Å². The molecule has 3 heterocycles. The quantitative estimate of drug-likeness (QED) is 0.305. The van der Waals surface area contributed by atoms with Crippen LogP contribution in [0.2, 0.25) is 0 Å². The smallest absolute Gasteiger partial charge is 0.193 e. The molecule has 32 heavy (non-hydrogen) atoms. The summed E-state index contributed by atoms with van der Waals surface area (Å²) in [6, 6.07) is 12.7. The Morgan fingerprint density at radius 3 is 2.59 bits per heavy atom. The topological polar surface area (TPSA) is 47.3 Å². The maximum atomic E-state index is 5.49. The van der Waals surface area contributed by atoms with Crippen molar-refractivity contribution < 1.29 is 4.42 Å². The van der Waals surface area contributed by atoms with Crippen LogP contribution in [0.1, 0.15) is 36.1 Å². The highest BCUT2D eigenvalue weighted by Gasteiger charge is 2.27. The van der Waals surface area contributed by atoms with E-state index < -0.39 is 0 Å². The molecule has 0 spiro atoms. The number of guanidine groups is 1. The lowest BCUT2D eigenvalue weighted by Crippen LogP contribution is -2.40. The van der Waals surface area contributed by atoms with Crippen LogP contribution in [0.4, 0.5) is 0 Å². The van der Waals surface area contributed by atoms with Crippen molar-refractivity contribution in [3.05, 3.63) is 59.5 Å². The number of hydrogen-bond acceptors (Lipinski definition) is 4. The number of benzene rings is 1. The van der Waals surface area contributed by atoms with Gasteiger partial charge >= 0.3 is 0 Å². The van der Waals surface area contributed by atoms with E-state index in [4.69, 9.17) is 4.42 Å². The van der Waals surface area contributed by atoms with Crippen molar-refractivity contribution in [3.63, 3.8) is 0 Å². The van der Waals surface area contributed by atoms with E-state index in [0.29, 0.717) is 0 Å². The van der Waals surface area contributed by atoms with Crippen LogP contribution in [0, 0.1) is 5.92 Å². The highest BCUT2D eigenvalue weighted by molar-refractivity contribution is 14.0. The average molecular weight is 552 g/mol. The summed E-state index contributed by atoms with van der Waals surface area (Å²) >= 11 is 0. The predicted molar refractivity (Wildman–Crippen MR) is 141 cm³/mol. The minimum Gasteiger partial charge on any atom is -0.468 e. The summed E-state index contributed by atoms with van der Waals surface area (Å²) in [5, 5.41) is 3.63. The Labute approximate surface area is 210 Å². The Morgan fingerprint density at radius 2 is 1.88 bits per heavy atom. The lowest BCUT2D eigenvalue weighted by molar-refractivity contribution is 0.281. The van der Waals surface area contributed by atoms with Gasteiger partial charge in [-0.2, -0.15) is 0 Å². The van der Waals surface area contributed by atoms with Crippen molar-refractivity contribution in [2.75, 3.05) is 46.8 Å². The normalized spacial score (nSPS) is 19.5. The van der Waals surface area contributed by atoms with E-state index in [2.05, 4.69) is 56.3 Å². The maximum Gasteiger partial charge on any atom is 0.193 e. The number of nitrogens with zero attached hydrogens (tertiary/aromatic N) is 4. The van der Waals surface area contributed by atoms with Crippen molar-refractivity contribution in [1.29, 1.82) is 0 Å². The highest BCUT2D eigenvalue weighted by Crippen LogP contribution is 2.20. The van der Waals surface area contributed by atoms with Gasteiger partial charge in [-0.15, -0.1) is 24.0 Å². The van der Waals surface area contributed by atoms with Crippen LogP contribution in [0.5, 0.6) is 0 Å². The number of halogens is 1. The first kappa shape index (κ1) is 25.1. The Hall–Kier alpha value is -1.58. The fourth-order valence-electron chi connectivity index (χ4n) is 4.91. The van der Waals surface area contributed by atoms with Gasteiger partial charge in [0.05, 0.1) is 12.8 Å². The van der Waals surface area contributed by atoms with Crippen LogP contribution in [0.3, 0.4) is 0 Å². The minimum atomic E-state index is 0. The van der Waals surface area contributed by atoms with Gasteiger partial charge in [0.2, 0.25) is 0 Å². The van der Waals surface area contributed by atoms with E-state index in [9.17, 15) is 0 Å². The molecule has 0 amide bonds. The molecule has 176 valence electrons. The lowest BCUT2D eigenvalue weighted by atomic mass is 10.1. The molecule has 1 aromatic carbocycles. The van der Waals surface area contributed by atoms with Gasteiger partial charge in [-0.3, -0.25) is 9.89 Å². The third-order valence-electron chi connectivity index (χ3n) is 6.51. The fraction of sp³-hybridized carbons (Fsp3) is 0.560. The minimum absolute atomic E-state index is 0. The fourth-order valence-corrected chi connectivity index (χ4v) is 4.91. The lowest BCUT2D eigenvalue weighted by Gasteiger charge is -2.24. The Morgan fingerprint density at radius 1 is 1.09 bits per heavy atom. The Bertz CT molecular complexity index is 835. The molecule has 1 N–H and O–H groups in total. The van der Waals surface area contributed by atoms with Gasteiger partial charge in [-0.25, -0.2) is 0 Å². The number of aliphatic imine (C=N–C) groups is 1. The van der Waals surface area contributed by atoms with Crippen LogP contribution in [-0.2, 0) is 19.6 Å². The molecule has 2 aromatic rings. The monoisotopic (exact) mass is 551 g/mol. The first-order valence-corrected chi connectivity index (χ1v) is 11.7. The third kappa shape index (κ3) is 6.96. The van der Waals surface area contributed by atoms with Crippen LogP contribution in [0.25, 0.3) is 0 Å². The summed E-state index contributed by atoms with van der Waals surface area (Å²) in [4.78, 5) is 12.0. The van der Waals surface area contributed by atoms with Gasteiger partial charge in [-0.05, 0) is 68.6 Å². The third-order valence-corrected chi connectivity index (χ3v) is 6.51. The van der Waals surface area contributed by atoms with Crippen LogP contribution in [0.15, 0.2) is 52.1 Å². The molecule has 0 aliphatic carbocycles. The van der Waals surface area contributed by atoms with E-state index in [-0.39, 0.29) is 24.0 Å². The zero-order valence-corrected chi connectivity index (χ0v) is 21.8. The first-order valence-electron chi connectivity index (χ1n) is 11.7. The molecule has 0 radical (unpaired) electrons. The van der Waals surface area contributed by atoms with E-state index in [1.807, 2.05) is 19.2 Å². The van der Waals surface area contributed by atoms with Gasteiger partial charge in [0.1, 0.15) is 5.76 Å². The van der Waals surface area contributed by atoms with Crippen molar-refractivity contribution in [2.45, 2.75) is 38.9 Å². The number of hydrogen-bond donors (Lipinski definition) is 1. The molecule has 7 heteroatoms. The number of nitrogens with one attached hydrogen (secondary N) is 1. The molecule has 2 saturated heterocycles. The molecule has 4 rings (SSSR count). The maximum absolute atomic E-state index is 5.49. The first-order chi connectivity index (χ1) is 15.2. The Balaban J connectivity index is 0.00000289. The van der Waals surface area contributed by atoms with Crippen LogP contribution >= 0.6 is 24.0 Å². The van der Waals surface area contributed by atoms with Crippen molar-refractivity contribution in [2.24, 2.45) is 10.9 Å².